The number of aromatic nitrogens is 1. The maximum absolute atomic E-state index is 11.7. The molecule has 94 valence electrons. The Hall–Kier alpha value is -1.42. The summed E-state index contributed by atoms with van der Waals surface area (Å²) in [6.45, 7) is 6.36. The first-order valence-corrected chi connectivity index (χ1v) is 5.82. The fourth-order valence-corrected chi connectivity index (χ4v) is 1.74. The van der Waals surface area contributed by atoms with E-state index in [1.165, 1.54) is 0 Å². The highest BCUT2D eigenvalue weighted by atomic mass is 16.1. The molecule has 1 aromatic heterocycles. The minimum Gasteiger partial charge on any atom is -0.327 e. The lowest BCUT2D eigenvalue weighted by molar-refractivity contribution is -0.116. The summed E-state index contributed by atoms with van der Waals surface area (Å²) in [6, 6.07) is 3.41. The molecule has 1 unspecified atom stereocenters. The number of anilines is 1. The third-order valence-corrected chi connectivity index (χ3v) is 2.29. The topological polar surface area (TPSA) is 68.0 Å². The fourth-order valence-electron chi connectivity index (χ4n) is 1.74. The zero-order chi connectivity index (χ0) is 12.9. The third kappa shape index (κ3) is 6.02. The van der Waals surface area contributed by atoms with Crippen molar-refractivity contribution < 1.29 is 4.79 Å². The van der Waals surface area contributed by atoms with Gasteiger partial charge in [0.1, 0.15) is 0 Å². The Morgan fingerprint density at radius 1 is 1.41 bits per heavy atom. The Kier molecular flexibility index (Phi) is 4.63. The van der Waals surface area contributed by atoms with Crippen molar-refractivity contribution in [3.8, 4) is 0 Å². The first-order valence-electron chi connectivity index (χ1n) is 5.82. The highest BCUT2D eigenvalue weighted by Crippen LogP contribution is 2.21. The van der Waals surface area contributed by atoms with E-state index in [0.717, 1.165) is 12.1 Å². The molecule has 0 fully saturated rings. The number of nitrogens with two attached hydrogens (primary N) is 1. The Morgan fingerprint density at radius 3 is 2.53 bits per heavy atom. The van der Waals surface area contributed by atoms with Gasteiger partial charge in [-0.25, -0.2) is 0 Å². The second-order valence-corrected chi connectivity index (χ2v) is 5.51. The van der Waals surface area contributed by atoms with E-state index < -0.39 is 0 Å². The number of rotatable bonds is 4. The minimum absolute atomic E-state index is 0.0482. The van der Waals surface area contributed by atoms with Gasteiger partial charge in [0, 0.05) is 30.5 Å². The summed E-state index contributed by atoms with van der Waals surface area (Å²) >= 11 is 0. The van der Waals surface area contributed by atoms with Crippen LogP contribution in [0, 0.1) is 5.41 Å². The van der Waals surface area contributed by atoms with Gasteiger partial charge < -0.3 is 11.1 Å². The molecule has 1 atom stereocenters. The molecule has 0 aliphatic rings. The number of carbonyl (C=O) groups is 1. The summed E-state index contributed by atoms with van der Waals surface area (Å²) in [4.78, 5) is 15.6. The molecule has 0 saturated carbocycles. The van der Waals surface area contributed by atoms with Crippen molar-refractivity contribution >= 4 is 11.6 Å². The summed E-state index contributed by atoms with van der Waals surface area (Å²) in [6.07, 6.45) is 4.46. The van der Waals surface area contributed by atoms with Crippen molar-refractivity contribution in [1.82, 2.24) is 4.98 Å². The van der Waals surface area contributed by atoms with E-state index in [1.54, 1.807) is 24.5 Å². The van der Waals surface area contributed by atoms with Crippen LogP contribution in [0.2, 0.25) is 0 Å². The molecule has 3 N–H and O–H groups in total. The van der Waals surface area contributed by atoms with Gasteiger partial charge in [0.15, 0.2) is 0 Å². The lowest BCUT2D eigenvalue weighted by Crippen LogP contribution is -2.31. The molecule has 4 heteroatoms. The molecule has 17 heavy (non-hydrogen) atoms. The van der Waals surface area contributed by atoms with Crippen molar-refractivity contribution in [2.45, 2.75) is 39.7 Å². The van der Waals surface area contributed by atoms with Gasteiger partial charge in [-0.3, -0.25) is 9.78 Å². The van der Waals surface area contributed by atoms with Gasteiger partial charge in [-0.1, -0.05) is 20.8 Å². The van der Waals surface area contributed by atoms with Crippen LogP contribution in [0.5, 0.6) is 0 Å². The van der Waals surface area contributed by atoms with Gasteiger partial charge >= 0.3 is 0 Å². The highest BCUT2D eigenvalue weighted by Gasteiger charge is 2.18. The SMILES string of the molecule is CC(C)(C)CC(N)CC(=O)Nc1ccncc1. The van der Waals surface area contributed by atoms with Crippen molar-refractivity contribution in [2.24, 2.45) is 11.1 Å². The molecule has 0 radical (unpaired) electrons. The van der Waals surface area contributed by atoms with E-state index in [-0.39, 0.29) is 17.4 Å². The van der Waals surface area contributed by atoms with Crippen LogP contribution < -0.4 is 11.1 Å². The third-order valence-electron chi connectivity index (χ3n) is 2.29. The van der Waals surface area contributed by atoms with E-state index >= 15 is 0 Å². The largest absolute Gasteiger partial charge is 0.327 e. The summed E-state index contributed by atoms with van der Waals surface area (Å²) in [7, 11) is 0. The lowest BCUT2D eigenvalue weighted by Gasteiger charge is -2.22. The summed E-state index contributed by atoms with van der Waals surface area (Å²) < 4.78 is 0. The fraction of sp³-hybridized carbons (Fsp3) is 0.538. The average Bonchev–Trinajstić information content (AvgIpc) is 2.15. The molecule has 0 aliphatic heterocycles. The summed E-state index contributed by atoms with van der Waals surface area (Å²) in [5.74, 6) is -0.0482. The number of amides is 1. The lowest BCUT2D eigenvalue weighted by atomic mass is 9.87. The van der Waals surface area contributed by atoms with Crippen LogP contribution in [-0.4, -0.2) is 16.9 Å². The van der Waals surface area contributed by atoms with Crippen molar-refractivity contribution in [3.63, 3.8) is 0 Å². The predicted octanol–water partition coefficient (Wildman–Crippen LogP) is 2.17. The minimum atomic E-state index is -0.100. The van der Waals surface area contributed by atoms with E-state index in [9.17, 15) is 4.79 Å². The molecule has 1 heterocycles. The van der Waals surface area contributed by atoms with Gasteiger partial charge in [0.25, 0.3) is 0 Å². The maximum atomic E-state index is 11.7. The van der Waals surface area contributed by atoms with Gasteiger partial charge in [0.05, 0.1) is 0 Å². The summed E-state index contributed by atoms with van der Waals surface area (Å²) in [5.41, 5.74) is 6.85. The molecule has 0 aliphatic carbocycles. The van der Waals surface area contributed by atoms with Crippen molar-refractivity contribution in [3.05, 3.63) is 24.5 Å². The number of nitrogens with one attached hydrogen (secondary N) is 1. The Morgan fingerprint density at radius 2 is 2.00 bits per heavy atom. The monoisotopic (exact) mass is 235 g/mol. The van der Waals surface area contributed by atoms with Gasteiger partial charge in [-0.05, 0) is 24.0 Å². The van der Waals surface area contributed by atoms with E-state index in [2.05, 4.69) is 31.1 Å². The second-order valence-electron chi connectivity index (χ2n) is 5.51. The zero-order valence-electron chi connectivity index (χ0n) is 10.7. The van der Waals surface area contributed by atoms with Crippen LogP contribution in [0.15, 0.2) is 24.5 Å². The number of hydrogen-bond acceptors (Lipinski definition) is 3. The van der Waals surface area contributed by atoms with Gasteiger partial charge in [-0.2, -0.15) is 0 Å². The molecule has 0 bridgehead atoms. The molecule has 1 aromatic rings. The van der Waals surface area contributed by atoms with Crippen LogP contribution in [0.4, 0.5) is 5.69 Å². The van der Waals surface area contributed by atoms with Crippen LogP contribution in [0.1, 0.15) is 33.6 Å². The van der Waals surface area contributed by atoms with Crippen LogP contribution in [0.25, 0.3) is 0 Å². The number of pyridine rings is 1. The van der Waals surface area contributed by atoms with Crippen LogP contribution >= 0.6 is 0 Å². The average molecular weight is 235 g/mol. The molecule has 0 aromatic carbocycles. The molecule has 1 rings (SSSR count). The standard InChI is InChI=1S/C13H21N3O/c1-13(2,3)9-10(14)8-12(17)16-11-4-6-15-7-5-11/h4-7,10H,8-9,14H2,1-3H3,(H,15,16,17). The van der Waals surface area contributed by atoms with E-state index in [1.807, 2.05) is 0 Å². The predicted molar refractivity (Wildman–Crippen MR) is 69.5 cm³/mol. The van der Waals surface area contributed by atoms with Crippen molar-refractivity contribution in [1.29, 1.82) is 0 Å². The first-order chi connectivity index (χ1) is 7.87. The van der Waals surface area contributed by atoms with Gasteiger partial charge in [-0.15, -0.1) is 0 Å². The Balaban J connectivity index is 2.40. The first kappa shape index (κ1) is 13.6. The van der Waals surface area contributed by atoms with Gasteiger partial charge in [0.2, 0.25) is 5.91 Å². The maximum Gasteiger partial charge on any atom is 0.225 e. The summed E-state index contributed by atoms with van der Waals surface area (Å²) in [5, 5.41) is 2.80. The Labute approximate surface area is 103 Å². The number of carbonyl (C=O) groups excluding carboxylic acids is 1. The second kappa shape index (κ2) is 5.77. The molecule has 1 amide bonds. The molecule has 4 nitrogen and oxygen atoms in total. The van der Waals surface area contributed by atoms with Crippen LogP contribution in [-0.2, 0) is 4.79 Å². The normalized spacial score (nSPS) is 13.2. The van der Waals surface area contributed by atoms with Crippen molar-refractivity contribution in [2.75, 3.05) is 5.32 Å². The molecule has 0 spiro atoms. The molecule has 0 saturated heterocycles. The zero-order valence-corrected chi connectivity index (χ0v) is 10.7. The quantitative estimate of drug-likeness (QED) is 0.840. The number of nitrogens with zero attached hydrogens (tertiary/aromatic N) is 1. The Bertz CT molecular complexity index is 357. The van der Waals surface area contributed by atoms with Crippen LogP contribution in [0.3, 0.4) is 0 Å². The molecular formula is C13H21N3O. The number of hydrogen-bond donors (Lipinski definition) is 2. The molecular weight excluding hydrogens is 214 g/mol. The highest BCUT2D eigenvalue weighted by molar-refractivity contribution is 5.90. The van der Waals surface area contributed by atoms with E-state index in [4.69, 9.17) is 5.73 Å². The van der Waals surface area contributed by atoms with E-state index in [0.29, 0.717) is 6.42 Å². The smallest absolute Gasteiger partial charge is 0.225 e.